The SMILES string of the molecule is Cn1cc(C(=O)O)c(C(F)(F)F)n1.Nc1ccccc1-c1ccccc1. The van der Waals surface area contributed by atoms with Gasteiger partial charge in [0, 0.05) is 24.5 Å². The molecule has 0 unspecified atom stereocenters. The van der Waals surface area contributed by atoms with Gasteiger partial charge >= 0.3 is 12.1 Å². The molecule has 1 heterocycles. The van der Waals surface area contributed by atoms with Crippen molar-refractivity contribution < 1.29 is 23.1 Å². The van der Waals surface area contributed by atoms with Crippen molar-refractivity contribution in [3.05, 3.63) is 72.1 Å². The maximum atomic E-state index is 12.1. The molecule has 2 aromatic carbocycles. The Morgan fingerprint density at radius 1 is 1.08 bits per heavy atom. The fourth-order valence-corrected chi connectivity index (χ4v) is 2.23. The molecule has 1 aromatic heterocycles. The molecule has 0 aliphatic rings. The van der Waals surface area contributed by atoms with Crippen LogP contribution in [0.15, 0.2) is 60.8 Å². The van der Waals surface area contributed by atoms with Gasteiger partial charge < -0.3 is 10.8 Å². The summed E-state index contributed by atoms with van der Waals surface area (Å²) in [5, 5.41) is 11.4. The first-order valence-electron chi connectivity index (χ1n) is 7.44. The van der Waals surface area contributed by atoms with Gasteiger partial charge in [-0.2, -0.15) is 18.3 Å². The van der Waals surface area contributed by atoms with Gasteiger partial charge in [0.2, 0.25) is 0 Å². The number of carbonyl (C=O) groups is 1. The highest BCUT2D eigenvalue weighted by Gasteiger charge is 2.38. The Bertz CT molecular complexity index is 890. The maximum absolute atomic E-state index is 12.1. The van der Waals surface area contributed by atoms with Gasteiger partial charge in [0.05, 0.1) is 0 Å². The predicted octanol–water partition coefficient (Wildman–Crippen LogP) is 4.07. The van der Waals surface area contributed by atoms with E-state index in [1.807, 2.05) is 42.5 Å². The third kappa shape index (κ3) is 4.62. The Morgan fingerprint density at radius 3 is 2.15 bits per heavy atom. The van der Waals surface area contributed by atoms with E-state index in [1.165, 1.54) is 12.6 Å². The van der Waals surface area contributed by atoms with Crippen molar-refractivity contribution in [2.24, 2.45) is 7.05 Å². The van der Waals surface area contributed by atoms with Crippen molar-refractivity contribution in [1.82, 2.24) is 9.78 Å². The number of anilines is 1. The van der Waals surface area contributed by atoms with Crippen molar-refractivity contribution in [2.45, 2.75) is 6.18 Å². The van der Waals surface area contributed by atoms with Crippen LogP contribution in [0.5, 0.6) is 0 Å². The van der Waals surface area contributed by atoms with Gasteiger partial charge in [-0.25, -0.2) is 4.79 Å². The normalized spacial score (nSPS) is 10.8. The molecule has 0 atom stereocenters. The number of carboxylic acid groups (broad SMARTS) is 1. The summed E-state index contributed by atoms with van der Waals surface area (Å²) in [6.07, 6.45) is -3.92. The number of aromatic nitrogens is 2. The second kappa shape index (κ2) is 7.73. The third-order valence-corrected chi connectivity index (χ3v) is 3.37. The highest BCUT2D eigenvalue weighted by atomic mass is 19.4. The zero-order valence-corrected chi connectivity index (χ0v) is 13.7. The first-order chi connectivity index (χ1) is 12.2. The van der Waals surface area contributed by atoms with Crippen LogP contribution in [0.4, 0.5) is 18.9 Å². The van der Waals surface area contributed by atoms with E-state index in [1.54, 1.807) is 0 Å². The lowest BCUT2D eigenvalue weighted by Crippen LogP contribution is -2.12. The second-order valence-electron chi connectivity index (χ2n) is 5.32. The maximum Gasteiger partial charge on any atom is 0.436 e. The average Bonchev–Trinajstić information content (AvgIpc) is 2.99. The number of alkyl halides is 3. The Balaban J connectivity index is 0.000000187. The zero-order valence-electron chi connectivity index (χ0n) is 13.7. The first-order valence-corrected chi connectivity index (χ1v) is 7.44. The molecule has 0 fully saturated rings. The lowest BCUT2D eigenvalue weighted by Gasteiger charge is -2.03. The lowest BCUT2D eigenvalue weighted by atomic mass is 10.0. The molecule has 0 aliphatic heterocycles. The summed E-state index contributed by atoms with van der Waals surface area (Å²) in [5.74, 6) is -1.64. The minimum absolute atomic E-state index is 0.811. The lowest BCUT2D eigenvalue weighted by molar-refractivity contribution is -0.141. The van der Waals surface area contributed by atoms with Crippen LogP contribution >= 0.6 is 0 Å². The predicted molar refractivity (Wildman–Crippen MR) is 91.5 cm³/mol. The molecule has 136 valence electrons. The van der Waals surface area contributed by atoms with Crippen molar-refractivity contribution in [3.8, 4) is 11.1 Å². The highest BCUT2D eigenvalue weighted by Crippen LogP contribution is 2.30. The topological polar surface area (TPSA) is 81.1 Å². The van der Waals surface area contributed by atoms with E-state index in [9.17, 15) is 18.0 Å². The molecule has 0 bridgehead atoms. The van der Waals surface area contributed by atoms with E-state index < -0.39 is 23.4 Å². The van der Waals surface area contributed by atoms with Crippen molar-refractivity contribution in [2.75, 3.05) is 5.73 Å². The van der Waals surface area contributed by atoms with Crippen LogP contribution in [0.2, 0.25) is 0 Å². The van der Waals surface area contributed by atoms with Crippen LogP contribution < -0.4 is 5.73 Å². The molecule has 0 aliphatic carbocycles. The van der Waals surface area contributed by atoms with E-state index in [4.69, 9.17) is 10.8 Å². The smallest absolute Gasteiger partial charge is 0.436 e. The van der Waals surface area contributed by atoms with E-state index >= 15 is 0 Å². The molecule has 0 radical (unpaired) electrons. The molecule has 0 saturated heterocycles. The number of benzene rings is 2. The van der Waals surface area contributed by atoms with Crippen molar-refractivity contribution in [3.63, 3.8) is 0 Å². The molecule has 0 saturated carbocycles. The Hall–Kier alpha value is -3.29. The van der Waals surface area contributed by atoms with Crippen molar-refractivity contribution >= 4 is 11.7 Å². The van der Waals surface area contributed by atoms with Gasteiger partial charge in [0.25, 0.3) is 0 Å². The molecule has 0 spiro atoms. The van der Waals surface area contributed by atoms with Crippen LogP contribution in [-0.4, -0.2) is 20.9 Å². The molecule has 3 rings (SSSR count). The van der Waals surface area contributed by atoms with Gasteiger partial charge in [-0.05, 0) is 11.6 Å². The molecule has 0 amide bonds. The van der Waals surface area contributed by atoms with Gasteiger partial charge in [-0.3, -0.25) is 4.68 Å². The number of nitrogen functional groups attached to an aromatic ring is 1. The summed E-state index contributed by atoms with van der Waals surface area (Å²) >= 11 is 0. The standard InChI is InChI=1S/C12H11N.C6H5F3N2O2/c13-12-9-5-4-8-11(12)10-6-2-1-3-7-10;1-11-2-3(5(12)13)4(10-11)6(7,8)9/h1-9H,13H2;2H,1H3,(H,12,13). The number of carboxylic acids is 1. The number of aryl methyl sites for hydroxylation is 1. The number of nitrogens with zero attached hydrogens (tertiary/aromatic N) is 2. The summed E-state index contributed by atoms with van der Waals surface area (Å²) in [6.45, 7) is 0. The van der Waals surface area contributed by atoms with E-state index in [-0.39, 0.29) is 0 Å². The molecular formula is C18H16F3N3O2. The summed E-state index contributed by atoms with van der Waals surface area (Å²) in [5.41, 5.74) is 6.74. The van der Waals surface area contributed by atoms with E-state index in [0.29, 0.717) is 0 Å². The van der Waals surface area contributed by atoms with Gasteiger partial charge in [0.15, 0.2) is 5.69 Å². The monoisotopic (exact) mass is 363 g/mol. The fourth-order valence-electron chi connectivity index (χ4n) is 2.23. The Morgan fingerprint density at radius 2 is 1.65 bits per heavy atom. The number of para-hydroxylation sites is 1. The zero-order chi connectivity index (χ0) is 19.3. The molecule has 26 heavy (non-hydrogen) atoms. The van der Waals surface area contributed by atoms with Crippen LogP contribution in [-0.2, 0) is 13.2 Å². The molecule has 3 N–H and O–H groups in total. The number of nitrogens with two attached hydrogens (primary N) is 1. The number of hydrogen-bond acceptors (Lipinski definition) is 3. The van der Waals surface area contributed by atoms with Crippen LogP contribution in [0.1, 0.15) is 16.1 Å². The largest absolute Gasteiger partial charge is 0.478 e. The number of halogens is 3. The summed E-state index contributed by atoms with van der Waals surface area (Å²) in [6, 6.07) is 18.1. The van der Waals surface area contributed by atoms with Gasteiger partial charge in [-0.15, -0.1) is 0 Å². The van der Waals surface area contributed by atoms with Crippen LogP contribution in [0, 0.1) is 0 Å². The number of rotatable bonds is 2. The van der Waals surface area contributed by atoms with E-state index in [0.717, 1.165) is 22.1 Å². The number of aromatic carboxylic acids is 1. The van der Waals surface area contributed by atoms with E-state index in [2.05, 4.69) is 17.2 Å². The summed E-state index contributed by atoms with van der Waals surface area (Å²) < 4.78 is 37.1. The molecule has 3 aromatic rings. The Labute approximate surface area is 147 Å². The fraction of sp³-hybridized carbons (Fsp3) is 0.111. The van der Waals surface area contributed by atoms with Crippen molar-refractivity contribution in [1.29, 1.82) is 0 Å². The minimum atomic E-state index is -4.73. The third-order valence-electron chi connectivity index (χ3n) is 3.37. The minimum Gasteiger partial charge on any atom is -0.478 e. The first kappa shape index (κ1) is 19.0. The summed E-state index contributed by atoms with van der Waals surface area (Å²) in [7, 11) is 1.22. The van der Waals surface area contributed by atoms with Crippen LogP contribution in [0.25, 0.3) is 11.1 Å². The van der Waals surface area contributed by atoms with Gasteiger partial charge in [-0.1, -0.05) is 48.5 Å². The number of hydrogen-bond donors (Lipinski definition) is 2. The average molecular weight is 363 g/mol. The Kier molecular flexibility index (Phi) is 5.66. The molecular weight excluding hydrogens is 347 g/mol. The quantitative estimate of drug-likeness (QED) is 0.673. The summed E-state index contributed by atoms with van der Waals surface area (Å²) in [4.78, 5) is 10.3. The highest BCUT2D eigenvalue weighted by molar-refractivity contribution is 5.88. The van der Waals surface area contributed by atoms with Gasteiger partial charge in [0.1, 0.15) is 5.56 Å². The second-order valence-corrected chi connectivity index (χ2v) is 5.32. The molecule has 8 heteroatoms. The van der Waals surface area contributed by atoms with Crippen LogP contribution in [0.3, 0.4) is 0 Å². The molecule has 5 nitrogen and oxygen atoms in total.